The first-order chi connectivity index (χ1) is 19.8. The molecule has 0 radical (unpaired) electrons. The molecule has 224 valence electrons. The molecule has 0 aromatic carbocycles. The largest absolute Gasteiger partial charge is 0.478 e. The van der Waals surface area contributed by atoms with Crippen LogP contribution < -0.4 is 0 Å². The fourth-order valence-electron chi connectivity index (χ4n) is 4.39. The van der Waals surface area contributed by atoms with Gasteiger partial charge in [0, 0.05) is 5.57 Å². The molecule has 0 aromatic rings. The number of allylic oxidation sites excluding steroid dienone is 25. The maximum absolute atomic E-state index is 10.8. The first kappa shape index (κ1) is 36.1. The highest BCUT2D eigenvalue weighted by atomic mass is 16.4. The van der Waals surface area contributed by atoms with Gasteiger partial charge in [0.2, 0.25) is 0 Å². The van der Waals surface area contributed by atoms with Crippen molar-refractivity contribution in [2.24, 2.45) is 5.41 Å². The highest BCUT2D eigenvalue weighted by Gasteiger charge is 2.26. The van der Waals surface area contributed by atoms with E-state index in [0.717, 1.165) is 11.1 Å². The van der Waals surface area contributed by atoms with Crippen LogP contribution in [0.4, 0.5) is 0 Å². The highest BCUT2D eigenvalue weighted by molar-refractivity contribution is 5.86. The number of aliphatic carboxylic acids is 1. The van der Waals surface area contributed by atoms with E-state index in [9.17, 15) is 4.79 Å². The standard InChI is InChI=1S/C40H52O2/c1-31(19-12-21-33(3)22-13-23-34(4)25-15-26-37(7)39(41)42)17-10-11-18-32(2)20-14-24-35(5)28-29-38-36(6)27-16-30-40(38,8)9/h10-15,17-26,28-29H,16,27,30H2,1-9H3,(H,41,42)/b11-10+,19-12+,20-14+,22-13+,25-15-,29-28+,31-17+,32-18+,33-21+,34-23+,35-24+,37-26-. The van der Waals surface area contributed by atoms with Crippen LogP contribution in [0.25, 0.3) is 0 Å². The summed E-state index contributed by atoms with van der Waals surface area (Å²) in [6.07, 6.45) is 40.6. The molecule has 0 atom stereocenters. The van der Waals surface area contributed by atoms with Crippen molar-refractivity contribution in [2.45, 2.75) is 81.6 Å². The number of hydrogen-bond donors (Lipinski definition) is 1. The Morgan fingerprint density at radius 2 is 1.00 bits per heavy atom. The predicted octanol–water partition coefficient (Wildman–Crippen LogP) is 11.6. The second kappa shape index (κ2) is 19.3. The van der Waals surface area contributed by atoms with Gasteiger partial charge in [-0.3, -0.25) is 0 Å². The summed E-state index contributed by atoms with van der Waals surface area (Å²) in [7, 11) is 0. The zero-order valence-corrected chi connectivity index (χ0v) is 27.4. The van der Waals surface area contributed by atoms with Crippen molar-refractivity contribution in [2.75, 3.05) is 0 Å². The third kappa shape index (κ3) is 15.8. The van der Waals surface area contributed by atoms with E-state index in [-0.39, 0.29) is 5.41 Å². The van der Waals surface area contributed by atoms with Gasteiger partial charge < -0.3 is 5.11 Å². The molecule has 0 aliphatic heterocycles. The molecule has 1 aliphatic carbocycles. The summed E-state index contributed by atoms with van der Waals surface area (Å²) in [5.41, 5.74) is 9.42. The molecular formula is C40H52O2. The van der Waals surface area contributed by atoms with Gasteiger partial charge in [-0.25, -0.2) is 4.79 Å². The minimum atomic E-state index is -0.902. The average molecular weight is 565 g/mol. The molecule has 1 rings (SSSR count). The van der Waals surface area contributed by atoms with E-state index in [2.05, 4.69) is 121 Å². The minimum Gasteiger partial charge on any atom is -0.478 e. The monoisotopic (exact) mass is 564 g/mol. The van der Waals surface area contributed by atoms with E-state index < -0.39 is 5.97 Å². The van der Waals surface area contributed by atoms with Gasteiger partial charge in [0.1, 0.15) is 0 Å². The van der Waals surface area contributed by atoms with Crippen LogP contribution in [0, 0.1) is 5.41 Å². The number of carboxylic acid groups (broad SMARTS) is 1. The van der Waals surface area contributed by atoms with Gasteiger partial charge in [0.15, 0.2) is 0 Å². The van der Waals surface area contributed by atoms with E-state index in [1.54, 1.807) is 19.1 Å². The lowest BCUT2D eigenvalue weighted by Gasteiger charge is -2.32. The van der Waals surface area contributed by atoms with Gasteiger partial charge in [-0.2, -0.15) is 0 Å². The molecule has 2 nitrogen and oxygen atoms in total. The lowest BCUT2D eigenvalue weighted by molar-refractivity contribution is -0.132. The van der Waals surface area contributed by atoms with Crippen LogP contribution in [0.15, 0.2) is 154 Å². The van der Waals surface area contributed by atoms with Crippen LogP contribution in [-0.2, 0) is 4.79 Å². The van der Waals surface area contributed by atoms with Crippen LogP contribution in [0.5, 0.6) is 0 Å². The lowest BCUT2D eigenvalue weighted by Crippen LogP contribution is -2.19. The van der Waals surface area contributed by atoms with Crippen molar-refractivity contribution in [1.82, 2.24) is 0 Å². The Balaban J connectivity index is 2.61. The third-order valence-corrected chi connectivity index (χ3v) is 7.08. The zero-order chi connectivity index (χ0) is 31.5. The van der Waals surface area contributed by atoms with Crippen molar-refractivity contribution in [3.8, 4) is 0 Å². The molecule has 0 saturated heterocycles. The smallest absolute Gasteiger partial charge is 0.331 e. The van der Waals surface area contributed by atoms with Crippen molar-refractivity contribution >= 4 is 5.97 Å². The predicted molar refractivity (Wildman–Crippen MR) is 185 cm³/mol. The molecule has 42 heavy (non-hydrogen) atoms. The molecule has 1 N–H and O–H groups in total. The first-order valence-electron chi connectivity index (χ1n) is 14.8. The number of hydrogen-bond acceptors (Lipinski definition) is 1. The Labute approximate surface area is 256 Å². The molecule has 0 amide bonds. The van der Waals surface area contributed by atoms with Crippen LogP contribution in [0.2, 0.25) is 0 Å². The van der Waals surface area contributed by atoms with Crippen molar-refractivity contribution in [3.05, 3.63) is 154 Å². The number of carbonyl (C=O) groups is 1. The zero-order valence-electron chi connectivity index (χ0n) is 27.4. The Hall–Kier alpha value is -3.91. The SMILES string of the molecule is CC1=C(/C=C/C(C)=C/C=C/C(C)=C/C=C/C=C(C)/C=C/C=C(C)/C=C/C=C(C)/C=C\C=C(\C)C(=O)O)C(C)(C)CCC1. The lowest BCUT2D eigenvalue weighted by atomic mass is 9.72. The van der Waals surface area contributed by atoms with Crippen LogP contribution in [0.1, 0.15) is 81.6 Å². The second-order valence-electron chi connectivity index (χ2n) is 11.8. The molecule has 1 aliphatic rings. The first-order valence-corrected chi connectivity index (χ1v) is 14.8. The Morgan fingerprint density at radius 3 is 1.40 bits per heavy atom. The fourth-order valence-corrected chi connectivity index (χ4v) is 4.39. The highest BCUT2D eigenvalue weighted by Crippen LogP contribution is 2.40. The molecule has 0 bridgehead atoms. The van der Waals surface area contributed by atoms with E-state index in [1.807, 2.05) is 31.2 Å². The molecule has 0 fully saturated rings. The van der Waals surface area contributed by atoms with E-state index in [0.29, 0.717) is 5.57 Å². The van der Waals surface area contributed by atoms with Gasteiger partial charge in [-0.1, -0.05) is 157 Å². The molecule has 0 saturated carbocycles. The van der Waals surface area contributed by atoms with E-state index >= 15 is 0 Å². The maximum atomic E-state index is 10.8. The van der Waals surface area contributed by atoms with Gasteiger partial charge in [-0.05, 0) is 78.7 Å². The van der Waals surface area contributed by atoms with Crippen LogP contribution in [0.3, 0.4) is 0 Å². The van der Waals surface area contributed by atoms with Gasteiger partial charge in [-0.15, -0.1) is 0 Å². The Kier molecular flexibility index (Phi) is 16.6. The van der Waals surface area contributed by atoms with Crippen molar-refractivity contribution in [1.29, 1.82) is 0 Å². The molecule has 0 heterocycles. The van der Waals surface area contributed by atoms with Gasteiger partial charge >= 0.3 is 5.97 Å². The summed E-state index contributed by atoms with van der Waals surface area (Å²) in [4.78, 5) is 10.8. The molecule has 0 unspecified atom stereocenters. The van der Waals surface area contributed by atoms with Crippen LogP contribution in [-0.4, -0.2) is 11.1 Å². The van der Waals surface area contributed by atoms with E-state index in [4.69, 9.17) is 5.11 Å². The molecule has 0 aromatic heterocycles. The maximum Gasteiger partial charge on any atom is 0.331 e. The third-order valence-electron chi connectivity index (χ3n) is 7.08. The van der Waals surface area contributed by atoms with Crippen molar-refractivity contribution < 1.29 is 9.90 Å². The normalized spacial score (nSPS) is 18.9. The Bertz CT molecular complexity index is 1330. The molecule has 0 spiro atoms. The van der Waals surface area contributed by atoms with Gasteiger partial charge in [0.05, 0.1) is 0 Å². The fraction of sp³-hybridized carbons (Fsp3) is 0.325. The van der Waals surface area contributed by atoms with Crippen LogP contribution >= 0.6 is 0 Å². The second-order valence-corrected chi connectivity index (χ2v) is 11.8. The van der Waals surface area contributed by atoms with Gasteiger partial charge in [0.25, 0.3) is 0 Å². The Morgan fingerprint density at radius 1 is 0.619 bits per heavy atom. The summed E-state index contributed by atoms with van der Waals surface area (Å²) in [6.45, 7) is 19.0. The van der Waals surface area contributed by atoms with E-state index in [1.165, 1.54) is 47.1 Å². The summed E-state index contributed by atoms with van der Waals surface area (Å²) < 4.78 is 0. The quantitative estimate of drug-likeness (QED) is 0.178. The number of rotatable bonds is 13. The minimum absolute atomic E-state index is 0.275. The topological polar surface area (TPSA) is 37.3 Å². The summed E-state index contributed by atoms with van der Waals surface area (Å²) >= 11 is 0. The summed E-state index contributed by atoms with van der Waals surface area (Å²) in [5, 5.41) is 8.87. The van der Waals surface area contributed by atoms with Crippen molar-refractivity contribution in [3.63, 3.8) is 0 Å². The number of carboxylic acids is 1. The summed E-state index contributed by atoms with van der Waals surface area (Å²) in [6, 6.07) is 0. The summed E-state index contributed by atoms with van der Waals surface area (Å²) in [5.74, 6) is -0.902. The average Bonchev–Trinajstić information content (AvgIpc) is 2.90. The molecular weight excluding hydrogens is 512 g/mol. The molecule has 2 heteroatoms.